The third-order valence-corrected chi connectivity index (χ3v) is 6.10. The molecule has 1 amide bonds. The van der Waals surface area contributed by atoms with Gasteiger partial charge in [0.2, 0.25) is 0 Å². The number of anilines is 1. The number of benzene rings is 2. The molecule has 1 unspecified atom stereocenters. The molecule has 0 saturated carbocycles. The first kappa shape index (κ1) is 21.6. The van der Waals surface area contributed by atoms with Crippen LogP contribution in [0.4, 0.5) is 16.5 Å². The number of rotatable bonds is 7. The molecular formula is C20H18N4O7S. The summed E-state index contributed by atoms with van der Waals surface area (Å²) in [7, 11) is 1.54. The molecule has 0 radical (unpaired) electrons. The van der Waals surface area contributed by atoms with Crippen LogP contribution in [0, 0.1) is 20.2 Å². The second-order valence-corrected chi connectivity index (χ2v) is 8.14. The summed E-state index contributed by atoms with van der Waals surface area (Å²) in [6, 6.07) is 8.23. The van der Waals surface area contributed by atoms with Crippen molar-refractivity contribution in [2.75, 3.05) is 25.2 Å². The number of fused-ring (bicyclic) bond motifs is 1. The summed E-state index contributed by atoms with van der Waals surface area (Å²) in [6.07, 6.45) is 1.37. The Hall–Kier alpha value is -3.64. The van der Waals surface area contributed by atoms with Crippen LogP contribution in [0.5, 0.6) is 5.75 Å². The van der Waals surface area contributed by atoms with Gasteiger partial charge in [-0.15, -0.1) is 0 Å². The molecule has 1 saturated heterocycles. The van der Waals surface area contributed by atoms with Gasteiger partial charge in [-0.05, 0) is 25.0 Å². The number of amides is 1. The van der Waals surface area contributed by atoms with Crippen molar-refractivity contribution in [2.45, 2.75) is 18.9 Å². The van der Waals surface area contributed by atoms with Crippen molar-refractivity contribution in [3.05, 3.63) is 62.2 Å². The van der Waals surface area contributed by atoms with E-state index < -0.39 is 27.1 Å². The van der Waals surface area contributed by atoms with Crippen LogP contribution in [0.2, 0.25) is 0 Å². The Labute approximate surface area is 185 Å². The smallest absolute Gasteiger partial charge is 0.277 e. The van der Waals surface area contributed by atoms with E-state index in [1.807, 2.05) is 6.07 Å². The van der Waals surface area contributed by atoms with Gasteiger partial charge in [-0.3, -0.25) is 29.9 Å². The molecular weight excluding hydrogens is 440 g/mol. The van der Waals surface area contributed by atoms with Gasteiger partial charge in [-0.1, -0.05) is 11.3 Å². The highest BCUT2D eigenvalue weighted by Gasteiger charge is 2.29. The Morgan fingerprint density at radius 2 is 1.94 bits per heavy atom. The number of nitro benzene ring substituents is 2. The van der Waals surface area contributed by atoms with E-state index >= 15 is 0 Å². The Morgan fingerprint density at radius 1 is 1.22 bits per heavy atom. The number of carbonyl (C=O) groups excluding carboxylic acids is 1. The third kappa shape index (κ3) is 4.36. The van der Waals surface area contributed by atoms with E-state index in [4.69, 9.17) is 9.47 Å². The average Bonchev–Trinajstić information content (AvgIpc) is 3.45. The molecule has 12 heteroatoms. The third-order valence-electron chi connectivity index (χ3n) is 5.04. The summed E-state index contributed by atoms with van der Waals surface area (Å²) < 4.78 is 11.7. The molecule has 0 bridgehead atoms. The summed E-state index contributed by atoms with van der Waals surface area (Å²) in [6.45, 7) is 0.748. The fourth-order valence-electron chi connectivity index (χ4n) is 3.46. The molecule has 1 fully saturated rings. The first-order chi connectivity index (χ1) is 15.4. The normalized spacial score (nSPS) is 15.6. The molecule has 32 heavy (non-hydrogen) atoms. The standard InChI is InChI=1S/C20H18N4O7S/c1-30-15-4-5-18-17(10-15)21-20(32-18)22(11-16-3-2-6-31-16)19(25)12-7-13(23(26)27)9-14(8-12)24(28)29/h4-5,7-10,16H,2-3,6,11H2,1H3. The molecule has 3 aromatic rings. The molecule has 11 nitrogen and oxygen atoms in total. The van der Waals surface area contributed by atoms with Gasteiger partial charge in [0.05, 0.1) is 51.5 Å². The van der Waals surface area contributed by atoms with Crippen molar-refractivity contribution in [1.82, 2.24) is 4.98 Å². The summed E-state index contributed by atoms with van der Waals surface area (Å²) >= 11 is 1.27. The number of ether oxygens (including phenoxy) is 2. The Bertz CT molecular complexity index is 1170. The maximum atomic E-state index is 13.4. The minimum Gasteiger partial charge on any atom is -0.497 e. The number of thiazole rings is 1. The van der Waals surface area contributed by atoms with Gasteiger partial charge in [-0.25, -0.2) is 4.98 Å². The van der Waals surface area contributed by atoms with Crippen molar-refractivity contribution >= 4 is 44.0 Å². The van der Waals surface area contributed by atoms with E-state index in [0.717, 1.165) is 35.7 Å². The first-order valence-corrected chi connectivity index (χ1v) is 10.5. The molecule has 1 aliphatic heterocycles. The lowest BCUT2D eigenvalue weighted by Crippen LogP contribution is -2.37. The lowest BCUT2D eigenvalue weighted by atomic mass is 10.1. The lowest BCUT2D eigenvalue weighted by molar-refractivity contribution is -0.394. The maximum Gasteiger partial charge on any atom is 0.277 e. The van der Waals surface area contributed by atoms with Crippen molar-refractivity contribution < 1.29 is 24.1 Å². The van der Waals surface area contributed by atoms with Gasteiger partial charge in [0.1, 0.15) is 5.75 Å². The van der Waals surface area contributed by atoms with Gasteiger partial charge in [0, 0.05) is 24.8 Å². The van der Waals surface area contributed by atoms with Crippen LogP contribution < -0.4 is 9.64 Å². The number of nitro groups is 2. The largest absolute Gasteiger partial charge is 0.497 e. The molecule has 2 heterocycles. The predicted octanol–water partition coefficient (Wildman–Crippen LogP) is 3.95. The minimum absolute atomic E-state index is 0.166. The van der Waals surface area contributed by atoms with Gasteiger partial charge in [0.25, 0.3) is 17.3 Å². The second-order valence-electron chi connectivity index (χ2n) is 7.13. The SMILES string of the molecule is COc1ccc2sc(N(CC3CCCO3)C(=O)c3cc([N+](=O)[O-])cc([N+](=O)[O-])c3)nc2c1. The second kappa shape index (κ2) is 8.85. The maximum absolute atomic E-state index is 13.4. The van der Waals surface area contributed by atoms with Gasteiger partial charge in [-0.2, -0.15) is 0 Å². The number of nitrogens with zero attached hydrogens (tertiary/aromatic N) is 4. The zero-order valence-electron chi connectivity index (χ0n) is 16.9. The van der Waals surface area contributed by atoms with Gasteiger partial charge < -0.3 is 9.47 Å². The van der Waals surface area contributed by atoms with Crippen LogP contribution in [0.15, 0.2) is 36.4 Å². The number of hydrogen-bond acceptors (Lipinski definition) is 9. The topological polar surface area (TPSA) is 138 Å². The fourth-order valence-corrected chi connectivity index (χ4v) is 4.42. The van der Waals surface area contributed by atoms with Crippen LogP contribution in [-0.4, -0.2) is 47.1 Å². The zero-order valence-corrected chi connectivity index (χ0v) is 17.7. The van der Waals surface area contributed by atoms with Crippen LogP contribution in [-0.2, 0) is 4.74 Å². The van der Waals surface area contributed by atoms with Gasteiger partial charge in [0.15, 0.2) is 5.13 Å². The summed E-state index contributed by atoms with van der Waals surface area (Å²) in [5, 5.41) is 22.9. The van der Waals surface area contributed by atoms with Crippen LogP contribution in [0.3, 0.4) is 0 Å². The quantitative estimate of drug-likeness (QED) is 0.383. The highest BCUT2D eigenvalue weighted by molar-refractivity contribution is 7.22. The van der Waals surface area contributed by atoms with Crippen molar-refractivity contribution in [3.63, 3.8) is 0 Å². The predicted molar refractivity (Wildman–Crippen MR) is 117 cm³/mol. The monoisotopic (exact) mass is 458 g/mol. The van der Waals surface area contributed by atoms with Crippen molar-refractivity contribution in [3.8, 4) is 5.75 Å². The molecule has 0 N–H and O–H groups in total. The fraction of sp³-hybridized carbons (Fsp3) is 0.300. The zero-order chi connectivity index (χ0) is 22.8. The first-order valence-electron chi connectivity index (χ1n) is 9.67. The molecule has 0 aliphatic carbocycles. The highest BCUT2D eigenvalue weighted by atomic mass is 32.1. The van der Waals surface area contributed by atoms with Crippen molar-refractivity contribution in [1.29, 1.82) is 0 Å². The molecule has 2 aromatic carbocycles. The molecule has 166 valence electrons. The Morgan fingerprint density at radius 3 is 2.53 bits per heavy atom. The number of non-ortho nitro benzene ring substituents is 2. The highest BCUT2D eigenvalue weighted by Crippen LogP contribution is 2.33. The summed E-state index contributed by atoms with van der Waals surface area (Å²) in [5.41, 5.74) is -0.609. The minimum atomic E-state index is -0.766. The lowest BCUT2D eigenvalue weighted by Gasteiger charge is -2.23. The molecule has 4 rings (SSSR count). The van der Waals surface area contributed by atoms with E-state index in [1.165, 1.54) is 23.3 Å². The molecule has 1 atom stereocenters. The summed E-state index contributed by atoms with van der Waals surface area (Å²) in [5.74, 6) is -0.0148. The van der Waals surface area contributed by atoms with E-state index in [0.29, 0.717) is 23.0 Å². The van der Waals surface area contributed by atoms with Gasteiger partial charge >= 0.3 is 0 Å². The van der Waals surface area contributed by atoms with E-state index in [2.05, 4.69) is 4.98 Å². The molecule has 1 aromatic heterocycles. The number of aromatic nitrogens is 1. The van der Waals surface area contributed by atoms with E-state index in [-0.39, 0.29) is 18.2 Å². The number of methoxy groups -OCH3 is 1. The Balaban J connectivity index is 1.77. The van der Waals surface area contributed by atoms with Crippen LogP contribution in [0.1, 0.15) is 23.2 Å². The Kier molecular flexibility index (Phi) is 5.97. The molecule has 0 spiro atoms. The number of carbonyl (C=O) groups is 1. The average molecular weight is 458 g/mol. The van der Waals surface area contributed by atoms with E-state index in [9.17, 15) is 25.0 Å². The van der Waals surface area contributed by atoms with Crippen LogP contribution in [0.25, 0.3) is 10.2 Å². The van der Waals surface area contributed by atoms with Crippen LogP contribution >= 0.6 is 11.3 Å². The summed E-state index contributed by atoms with van der Waals surface area (Å²) in [4.78, 5) is 40.4. The number of hydrogen-bond donors (Lipinski definition) is 0. The molecule has 1 aliphatic rings. The van der Waals surface area contributed by atoms with E-state index in [1.54, 1.807) is 12.1 Å². The van der Waals surface area contributed by atoms with Crippen molar-refractivity contribution in [2.24, 2.45) is 0 Å².